The van der Waals surface area contributed by atoms with Gasteiger partial charge in [-0.05, 0) is 30.5 Å². The summed E-state index contributed by atoms with van der Waals surface area (Å²) in [4.78, 5) is 12.5. The quantitative estimate of drug-likeness (QED) is 0.566. The van der Waals surface area contributed by atoms with Crippen LogP contribution in [0.1, 0.15) is 35.5 Å². The van der Waals surface area contributed by atoms with Crippen molar-refractivity contribution >= 4 is 21.6 Å². The van der Waals surface area contributed by atoms with Crippen molar-refractivity contribution < 1.29 is 17.7 Å². The topological polar surface area (TPSA) is 101 Å². The molecular weight excluding hydrogens is 402 g/mol. The van der Waals surface area contributed by atoms with Gasteiger partial charge in [-0.15, -0.1) is 0 Å². The Morgan fingerprint density at radius 3 is 2.53 bits per heavy atom. The van der Waals surface area contributed by atoms with Crippen LogP contribution in [-0.4, -0.2) is 26.0 Å². The maximum atomic E-state index is 12.5. The summed E-state index contributed by atoms with van der Waals surface area (Å²) in [5.74, 6) is 0.120. The predicted molar refractivity (Wildman–Crippen MR) is 117 cm³/mol. The highest BCUT2D eigenvalue weighted by Crippen LogP contribution is 2.21. The molecule has 30 heavy (non-hydrogen) atoms. The number of nitrogens with one attached hydrogen (secondary N) is 2. The fraction of sp³-hybridized carbons (Fsp3) is 0.273. The van der Waals surface area contributed by atoms with E-state index in [-0.39, 0.29) is 17.4 Å². The molecule has 0 saturated carbocycles. The van der Waals surface area contributed by atoms with Gasteiger partial charge in [0, 0.05) is 23.9 Å². The highest BCUT2D eigenvalue weighted by atomic mass is 32.2. The first-order chi connectivity index (χ1) is 14.2. The lowest BCUT2D eigenvalue weighted by Gasteiger charge is -2.10. The summed E-state index contributed by atoms with van der Waals surface area (Å²) in [5.41, 5.74) is 3.15. The van der Waals surface area contributed by atoms with Crippen LogP contribution in [0.5, 0.6) is 0 Å². The van der Waals surface area contributed by atoms with Gasteiger partial charge in [-0.1, -0.05) is 61.0 Å². The van der Waals surface area contributed by atoms with Crippen molar-refractivity contribution in [3.63, 3.8) is 0 Å². The lowest BCUT2D eigenvalue weighted by molar-refractivity contribution is 0.101. The van der Waals surface area contributed by atoms with E-state index in [0.717, 1.165) is 11.1 Å². The van der Waals surface area contributed by atoms with Gasteiger partial charge in [0.2, 0.25) is 10.0 Å². The average molecular weight is 428 g/mol. The number of sulfonamides is 1. The van der Waals surface area contributed by atoms with Crippen molar-refractivity contribution in [2.24, 2.45) is 5.92 Å². The van der Waals surface area contributed by atoms with Crippen molar-refractivity contribution in [3.8, 4) is 11.3 Å². The third-order valence-electron chi connectivity index (χ3n) is 4.33. The molecule has 0 radical (unpaired) electrons. The zero-order valence-corrected chi connectivity index (χ0v) is 18.0. The molecule has 158 valence electrons. The molecule has 0 fully saturated rings. The Bertz CT molecular complexity index is 1120. The van der Waals surface area contributed by atoms with Crippen molar-refractivity contribution in [2.75, 3.05) is 11.9 Å². The molecule has 0 aliphatic heterocycles. The largest absolute Gasteiger partial charge is 0.355 e. The number of amides is 1. The van der Waals surface area contributed by atoms with Gasteiger partial charge in [0.1, 0.15) is 0 Å². The number of hydrogen-bond acceptors (Lipinski definition) is 5. The van der Waals surface area contributed by atoms with E-state index in [2.05, 4.69) is 15.2 Å². The third kappa shape index (κ3) is 6.01. The fourth-order valence-corrected chi connectivity index (χ4v) is 4.04. The van der Waals surface area contributed by atoms with Crippen LogP contribution in [0.2, 0.25) is 0 Å². The molecule has 0 unspecified atom stereocenters. The number of aryl methyl sites for hydroxylation is 1. The van der Waals surface area contributed by atoms with E-state index in [1.54, 1.807) is 30.3 Å². The lowest BCUT2D eigenvalue weighted by Crippen LogP contribution is -2.28. The van der Waals surface area contributed by atoms with Crippen LogP contribution >= 0.6 is 0 Å². The van der Waals surface area contributed by atoms with Crippen LogP contribution in [-0.2, 0) is 15.8 Å². The standard InChI is InChI=1S/C22H25N3O4S/c1-15(2)13-23-30(27,28)14-17-5-4-6-19(11-17)24-22(26)20-12-21(29-25-20)18-9-7-16(3)8-10-18/h4-12,15,23H,13-14H2,1-3H3,(H,24,26). The highest BCUT2D eigenvalue weighted by Gasteiger charge is 2.16. The normalized spacial score (nSPS) is 11.6. The molecule has 8 heteroatoms. The van der Waals surface area contributed by atoms with Gasteiger partial charge in [-0.25, -0.2) is 13.1 Å². The average Bonchev–Trinajstić information content (AvgIpc) is 3.17. The molecule has 7 nitrogen and oxygen atoms in total. The summed E-state index contributed by atoms with van der Waals surface area (Å²) in [5, 5.41) is 6.57. The van der Waals surface area contributed by atoms with Gasteiger partial charge < -0.3 is 9.84 Å². The van der Waals surface area contributed by atoms with E-state index in [4.69, 9.17) is 4.52 Å². The molecule has 0 saturated heterocycles. The number of carbonyl (C=O) groups excluding carboxylic acids is 1. The molecule has 0 atom stereocenters. The van der Waals surface area contributed by atoms with E-state index in [9.17, 15) is 13.2 Å². The molecule has 2 N–H and O–H groups in total. The summed E-state index contributed by atoms with van der Waals surface area (Å²) in [7, 11) is -3.45. The van der Waals surface area contributed by atoms with E-state index in [1.807, 2.05) is 45.0 Å². The van der Waals surface area contributed by atoms with Gasteiger partial charge in [0.25, 0.3) is 5.91 Å². The lowest BCUT2D eigenvalue weighted by atomic mass is 10.1. The number of nitrogens with zero attached hydrogens (tertiary/aromatic N) is 1. The molecule has 0 aliphatic rings. The Kier molecular flexibility index (Phi) is 6.69. The Hall–Kier alpha value is -2.97. The van der Waals surface area contributed by atoms with Crippen LogP contribution in [0.25, 0.3) is 11.3 Å². The van der Waals surface area contributed by atoms with Crippen molar-refractivity contribution in [1.82, 2.24) is 9.88 Å². The van der Waals surface area contributed by atoms with Crippen LogP contribution < -0.4 is 10.0 Å². The second-order valence-corrected chi connectivity index (χ2v) is 9.41. The molecule has 3 rings (SSSR count). The smallest absolute Gasteiger partial charge is 0.277 e. The number of aromatic nitrogens is 1. The zero-order chi connectivity index (χ0) is 21.7. The Morgan fingerprint density at radius 1 is 1.10 bits per heavy atom. The predicted octanol–water partition coefficient (Wildman–Crippen LogP) is 3.98. The van der Waals surface area contributed by atoms with Gasteiger partial charge in [0.05, 0.1) is 5.75 Å². The number of anilines is 1. The van der Waals surface area contributed by atoms with Crippen molar-refractivity contribution in [2.45, 2.75) is 26.5 Å². The number of rotatable bonds is 8. The first-order valence-corrected chi connectivity index (χ1v) is 11.3. The molecular formula is C22H25N3O4S. The molecule has 1 heterocycles. The van der Waals surface area contributed by atoms with Crippen LogP contribution in [0.3, 0.4) is 0 Å². The minimum absolute atomic E-state index is 0.141. The number of carbonyl (C=O) groups is 1. The van der Waals surface area contributed by atoms with E-state index < -0.39 is 15.9 Å². The maximum absolute atomic E-state index is 12.5. The summed E-state index contributed by atoms with van der Waals surface area (Å²) >= 11 is 0. The summed E-state index contributed by atoms with van der Waals surface area (Å²) in [6.07, 6.45) is 0. The van der Waals surface area contributed by atoms with E-state index in [1.165, 1.54) is 0 Å². The minimum atomic E-state index is -3.45. The second-order valence-electron chi connectivity index (χ2n) is 7.60. The molecule has 2 aromatic carbocycles. The Balaban J connectivity index is 1.67. The van der Waals surface area contributed by atoms with Crippen molar-refractivity contribution in [1.29, 1.82) is 0 Å². The molecule has 1 amide bonds. The van der Waals surface area contributed by atoms with E-state index >= 15 is 0 Å². The van der Waals surface area contributed by atoms with Gasteiger partial charge in [-0.2, -0.15) is 0 Å². The molecule has 0 bridgehead atoms. The van der Waals surface area contributed by atoms with Gasteiger partial charge >= 0.3 is 0 Å². The summed E-state index contributed by atoms with van der Waals surface area (Å²) in [6, 6.07) is 16.0. The third-order valence-corrected chi connectivity index (χ3v) is 5.65. The maximum Gasteiger partial charge on any atom is 0.277 e. The molecule has 0 aliphatic carbocycles. The molecule has 3 aromatic rings. The van der Waals surface area contributed by atoms with Crippen LogP contribution in [0.4, 0.5) is 5.69 Å². The summed E-state index contributed by atoms with van der Waals surface area (Å²) < 4.78 is 32.3. The fourth-order valence-electron chi connectivity index (χ4n) is 2.73. The summed E-state index contributed by atoms with van der Waals surface area (Å²) in [6.45, 7) is 6.25. The number of benzene rings is 2. The first-order valence-electron chi connectivity index (χ1n) is 9.63. The first kappa shape index (κ1) is 21.7. The molecule has 0 spiro atoms. The van der Waals surface area contributed by atoms with Gasteiger partial charge in [-0.3, -0.25) is 4.79 Å². The Labute approximate surface area is 176 Å². The zero-order valence-electron chi connectivity index (χ0n) is 17.2. The number of hydrogen-bond donors (Lipinski definition) is 2. The highest BCUT2D eigenvalue weighted by molar-refractivity contribution is 7.88. The van der Waals surface area contributed by atoms with E-state index in [0.29, 0.717) is 23.6 Å². The monoisotopic (exact) mass is 427 g/mol. The minimum Gasteiger partial charge on any atom is -0.355 e. The van der Waals surface area contributed by atoms with Crippen LogP contribution in [0, 0.1) is 12.8 Å². The van der Waals surface area contributed by atoms with Crippen molar-refractivity contribution in [3.05, 3.63) is 71.4 Å². The Morgan fingerprint density at radius 2 is 1.83 bits per heavy atom. The van der Waals surface area contributed by atoms with Gasteiger partial charge in [0.15, 0.2) is 11.5 Å². The van der Waals surface area contributed by atoms with Crippen LogP contribution in [0.15, 0.2) is 59.1 Å². The second kappa shape index (κ2) is 9.23. The SMILES string of the molecule is Cc1ccc(-c2cc(C(=O)Nc3cccc(CS(=O)(=O)NCC(C)C)c3)no2)cc1. The molecule has 1 aromatic heterocycles.